The van der Waals surface area contributed by atoms with Crippen LogP contribution in [0.4, 0.5) is 21.9 Å². The molecule has 0 spiro atoms. The molecule has 6 heteroatoms. The van der Waals surface area contributed by atoms with Gasteiger partial charge in [-0.1, -0.05) is 23.7 Å². The van der Waals surface area contributed by atoms with E-state index < -0.39 is 6.03 Å². The molecule has 2 amide bonds. The number of carbonyl (C=O) groups excluding carboxylic acids is 1. The zero-order chi connectivity index (χ0) is 14.5. The fraction of sp³-hybridized carbons (Fsp3) is 0.0714. The summed E-state index contributed by atoms with van der Waals surface area (Å²) in [6.07, 6.45) is 0. The second-order valence-electron chi connectivity index (χ2n) is 4.02. The first-order valence-electron chi connectivity index (χ1n) is 5.86. The zero-order valence-corrected chi connectivity index (χ0v) is 11.6. The molecule has 0 heterocycles. The van der Waals surface area contributed by atoms with Gasteiger partial charge in [0.15, 0.2) is 0 Å². The number of nitrogens with two attached hydrogens (primary N) is 1. The van der Waals surface area contributed by atoms with E-state index in [4.69, 9.17) is 22.1 Å². The third-order valence-electron chi connectivity index (χ3n) is 2.60. The molecule has 0 atom stereocenters. The number of rotatable bonds is 3. The zero-order valence-electron chi connectivity index (χ0n) is 10.8. The molecular weight excluding hydrogens is 278 g/mol. The summed E-state index contributed by atoms with van der Waals surface area (Å²) >= 11 is 5.97. The molecule has 0 bridgehead atoms. The lowest BCUT2D eigenvalue weighted by atomic mass is 10.2. The summed E-state index contributed by atoms with van der Waals surface area (Å²) < 4.78 is 5.15. The highest BCUT2D eigenvalue weighted by Gasteiger charge is 2.09. The van der Waals surface area contributed by atoms with Crippen molar-refractivity contribution in [1.29, 1.82) is 0 Å². The van der Waals surface area contributed by atoms with E-state index in [1.165, 1.54) is 7.11 Å². The van der Waals surface area contributed by atoms with Crippen LogP contribution in [0.15, 0.2) is 42.5 Å². The van der Waals surface area contributed by atoms with E-state index in [0.717, 1.165) is 0 Å². The normalized spacial score (nSPS) is 9.90. The number of ether oxygens (including phenoxy) is 1. The van der Waals surface area contributed by atoms with Crippen LogP contribution in [0.2, 0.25) is 5.02 Å². The van der Waals surface area contributed by atoms with Crippen molar-refractivity contribution in [2.24, 2.45) is 0 Å². The Balaban J connectivity index is 2.11. The predicted octanol–water partition coefficient (Wildman–Crippen LogP) is 3.57. The molecule has 104 valence electrons. The third kappa shape index (κ3) is 3.33. The number of hydrogen-bond acceptors (Lipinski definition) is 3. The number of nitrogen functional groups attached to an aromatic ring is 1. The molecule has 0 aliphatic heterocycles. The molecule has 0 unspecified atom stereocenters. The molecule has 0 saturated heterocycles. The van der Waals surface area contributed by atoms with E-state index in [-0.39, 0.29) is 0 Å². The second kappa shape index (κ2) is 6.16. The maximum absolute atomic E-state index is 11.9. The van der Waals surface area contributed by atoms with Crippen LogP contribution < -0.4 is 21.1 Å². The molecule has 0 saturated carbocycles. The van der Waals surface area contributed by atoms with Crippen molar-refractivity contribution >= 4 is 34.7 Å². The van der Waals surface area contributed by atoms with Crippen molar-refractivity contribution in [1.82, 2.24) is 0 Å². The highest BCUT2D eigenvalue weighted by molar-refractivity contribution is 6.33. The Morgan fingerprint density at radius 2 is 1.85 bits per heavy atom. The summed E-state index contributed by atoms with van der Waals surface area (Å²) in [5.41, 5.74) is 7.25. The molecule has 5 nitrogen and oxygen atoms in total. The van der Waals surface area contributed by atoms with Crippen LogP contribution in [-0.2, 0) is 0 Å². The summed E-state index contributed by atoms with van der Waals surface area (Å²) in [5, 5.41) is 5.80. The van der Waals surface area contributed by atoms with Crippen molar-refractivity contribution in [2.75, 3.05) is 23.5 Å². The van der Waals surface area contributed by atoms with E-state index in [0.29, 0.717) is 27.8 Å². The summed E-state index contributed by atoms with van der Waals surface area (Å²) in [7, 11) is 1.51. The van der Waals surface area contributed by atoms with Crippen LogP contribution in [0.1, 0.15) is 0 Å². The van der Waals surface area contributed by atoms with Gasteiger partial charge in [0, 0.05) is 11.8 Å². The van der Waals surface area contributed by atoms with Crippen molar-refractivity contribution in [3.05, 3.63) is 47.5 Å². The first-order valence-corrected chi connectivity index (χ1v) is 6.24. The Kier molecular flexibility index (Phi) is 4.32. The minimum atomic E-state index is -0.416. The maximum Gasteiger partial charge on any atom is 0.323 e. The number of benzene rings is 2. The first-order chi connectivity index (χ1) is 9.60. The maximum atomic E-state index is 11.9. The van der Waals surface area contributed by atoms with Crippen molar-refractivity contribution in [3.8, 4) is 5.75 Å². The minimum absolute atomic E-state index is 0.416. The SMILES string of the molecule is COc1cc(N)ccc1NC(=O)Nc1ccccc1Cl. The molecular formula is C14H14ClN3O2. The van der Waals surface area contributed by atoms with E-state index in [1.54, 1.807) is 42.5 Å². The van der Waals surface area contributed by atoms with E-state index in [9.17, 15) is 4.79 Å². The molecule has 0 fully saturated rings. The molecule has 2 aromatic rings. The minimum Gasteiger partial charge on any atom is -0.494 e. The molecule has 2 rings (SSSR count). The number of urea groups is 1. The Bertz CT molecular complexity index is 632. The quantitative estimate of drug-likeness (QED) is 0.757. The second-order valence-corrected chi connectivity index (χ2v) is 4.43. The van der Waals surface area contributed by atoms with Crippen LogP contribution in [0.3, 0.4) is 0 Å². The van der Waals surface area contributed by atoms with Gasteiger partial charge in [-0.05, 0) is 24.3 Å². The number of para-hydroxylation sites is 1. The third-order valence-corrected chi connectivity index (χ3v) is 2.93. The number of carbonyl (C=O) groups is 1. The van der Waals surface area contributed by atoms with E-state index >= 15 is 0 Å². The summed E-state index contributed by atoms with van der Waals surface area (Å²) in [4.78, 5) is 11.9. The number of hydrogen-bond donors (Lipinski definition) is 3. The molecule has 2 aromatic carbocycles. The van der Waals surface area contributed by atoms with E-state index in [1.807, 2.05) is 0 Å². The van der Waals surface area contributed by atoms with Crippen LogP contribution in [0.5, 0.6) is 5.75 Å². The summed E-state index contributed by atoms with van der Waals surface area (Å²) in [6.45, 7) is 0. The van der Waals surface area contributed by atoms with Gasteiger partial charge in [-0.3, -0.25) is 0 Å². The van der Waals surface area contributed by atoms with Gasteiger partial charge in [0.25, 0.3) is 0 Å². The Hall–Kier alpha value is -2.40. The smallest absolute Gasteiger partial charge is 0.323 e. The average molecular weight is 292 g/mol. The van der Waals surface area contributed by atoms with E-state index in [2.05, 4.69) is 10.6 Å². The Morgan fingerprint density at radius 3 is 2.55 bits per heavy atom. The summed E-state index contributed by atoms with van der Waals surface area (Å²) in [5.74, 6) is 0.485. The first kappa shape index (κ1) is 14.0. The number of methoxy groups -OCH3 is 1. The molecule has 0 aliphatic rings. The summed E-state index contributed by atoms with van der Waals surface area (Å²) in [6, 6.07) is 11.5. The fourth-order valence-corrected chi connectivity index (χ4v) is 1.83. The molecule has 0 aliphatic carbocycles. The van der Waals surface area contributed by atoms with Gasteiger partial charge >= 0.3 is 6.03 Å². The Labute approximate surface area is 121 Å². The highest BCUT2D eigenvalue weighted by atomic mass is 35.5. The van der Waals surface area contributed by atoms with Gasteiger partial charge < -0.3 is 21.1 Å². The van der Waals surface area contributed by atoms with Crippen molar-refractivity contribution in [2.45, 2.75) is 0 Å². The van der Waals surface area contributed by atoms with Crippen LogP contribution >= 0.6 is 11.6 Å². The molecule has 4 N–H and O–H groups in total. The monoisotopic (exact) mass is 291 g/mol. The highest BCUT2D eigenvalue weighted by Crippen LogP contribution is 2.27. The van der Waals surface area contributed by atoms with Gasteiger partial charge in [0.1, 0.15) is 5.75 Å². The largest absolute Gasteiger partial charge is 0.494 e. The lowest BCUT2D eigenvalue weighted by Gasteiger charge is -2.12. The van der Waals surface area contributed by atoms with Gasteiger partial charge in [-0.15, -0.1) is 0 Å². The molecule has 20 heavy (non-hydrogen) atoms. The average Bonchev–Trinajstić information content (AvgIpc) is 2.43. The molecule has 0 radical (unpaired) electrons. The topological polar surface area (TPSA) is 76.4 Å². The lowest BCUT2D eigenvalue weighted by molar-refractivity contribution is 0.262. The van der Waals surface area contributed by atoms with Gasteiger partial charge in [-0.25, -0.2) is 4.79 Å². The molecule has 0 aromatic heterocycles. The van der Waals surface area contributed by atoms with Gasteiger partial charge in [0.2, 0.25) is 0 Å². The standard InChI is InChI=1S/C14H14ClN3O2/c1-20-13-8-9(16)6-7-12(13)18-14(19)17-11-5-3-2-4-10(11)15/h2-8H,16H2,1H3,(H2,17,18,19). The number of anilines is 3. The van der Waals surface area contributed by atoms with Crippen LogP contribution in [0.25, 0.3) is 0 Å². The predicted molar refractivity (Wildman–Crippen MR) is 81.5 cm³/mol. The van der Waals surface area contributed by atoms with Crippen molar-refractivity contribution < 1.29 is 9.53 Å². The van der Waals surface area contributed by atoms with Gasteiger partial charge in [-0.2, -0.15) is 0 Å². The van der Waals surface area contributed by atoms with Crippen molar-refractivity contribution in [3.63, 3.8) is 0 Å². The lowest BCUT2D eigenvalue weighted by Crippen LogP contribution is -2.20. The van der Waals surface area contributed by atoms with Crippen LogP contribution in [0, 0.1) is 0 Å². The number of halogens is 1. The van der Waals surface area contributed by atoms with Crippen LogP contribution in [-0.4, -0.2) is 13.1 Å². The fourth-order valence-electron chi connectivity index (χ4n) is 1.65. The number of nitrogens with one attached hydrogen (secondary N) is 2. The number of amides is 2. The Morgan fingerprint density at radius 1 is 1.15 bits per heavy atom. The van der Waals surface area contributed by atoms with Gasteiger partial charge in [0.05, 0.1) is 23.5 Å².